The van der Waals surface area contributed by atoms with Gasteiger partial charge in [0.2, 0.25) is 0 Å². The van der Waals surface area contributed by atoms with Crippen molar-refractivity contribution in [2.24, 2.45) is 0 Å². The average molecular weight is 227 g/mol. The van der Waals surface area contributed by atoms with E-state index in [-0.39, 0.29) is 0 Å². The molecule has 90 valence electrons. The van der Waals surface area contributed by atoms with Crippen LogP contribution >= 0.6 is 0 Å². The Kier molecular flexibility index (Phi) is 2.00. The lowest BCUT2D eigenvalue weighted by Crippen LogP contribution is -2.58. The summed E-state index contributed by atoms with van der Waals surface area (Å²) in [5.74, 6) is 0. The summed E-state index contributed by atoms with van der Waals surface area (Å²) in [6.45, 7) is 1.23. The number of benzene rings is 1. The highest BCUT2D eigenvalue weighted by atomic mass is 15.1. The summed E-state index contributed by atoms with van der Waals surface area (Å²) >= 11 is 0. The molecule has 0 amide bonds. The van der Waals surface area contributed by atoms with Crippen LogP contribution in [0.1, 0.15) is 49.7 Å². The highest BCUT2D eigenvalue weighted by Crippen LogP contribution is 2.56. The first kappa shape index (κ1) is 10.1. The molecule has 0 unspecified atom stereocenters. The molecule has 1 heterocycles. The van der Waals surface area contributed by atoms with Gasteiger partial charge in [0.15, 0.2) is 0 Å². The van der Waals surface area contributed by atoms with Gasteiger partial charge < -0.3 is 5.32 Å². The monoisotopic (exact) mass is 227 g/mol. The van der Waals surface area contributed by atoms with Crippen LogP contribution < -0.4 is 5.32 Å². The predicted octanol–water partition coefficient (Wildman–Crippen LogP) is 3.18. The van der Waals surface area contributed by atoms with E-state index >= 15 is 0 Å². The van der Waals surface area contributed by atoms with E-state index in [0.717, 1.165) is 0 Å². The molecule has 2 atom stereocenters. The van der Waals surface area contributed by atoms with Gasteiger partial charge >= 0.3 is 0 Å². The standard InChI is InChI=1S/C16H21N/c1-2-6-14-13(5-1)7-10-16-9-4-3-8-15(14,16)11-12-17-16/h1-2,5-6,17H,3-4,7-12H2/t15-,16+/m1/s1. The van der Waals surface area contributed by atoms with Crippen LogP contribution in [-0.2, 0) is 11.8 Å². The maximum absolute atomic E-state index is 3.91. The molecule has 0 radical (unpaired) electrons. The van der Waals surface area contributed by atoms with Gasteiger partial charge in [-0.15, -0.1) is 0 Å². The van der Waals surface area contributed by atoms with E-state index < -0.39 is 0 Å². The highest BCUT2D eigenvalue weighted by molar-refractivity contribution is 5.43. The van der Waals surface area contributed by atoms with Gasteiger partial charge in [0.25, 0.3) is 0 Å². The van der Waals surface area contributed by atoms with Crippen molar-refractivity contribution in [3.63, 3.8) is 0 Å². The second-order valence-electron chi connectivity index (χ2n) is 6.21. The topological polar surface area (TPSA) is 12.0 Å². The summed E-state index contributed by atoms with van der Waals surface area (Å²) in [6, 6.07) is 9.24. The van der Waals surface area contributed by atoms with Crippen molar-refractivity contribution in [1.29, 1.82) is 0 Å². The fourth-order valence-corrected chi connectivity index (χ4v) is 5.00. The predicted molar refractivity (Wildman–Crippen MR) is 70.3 cm³/mol. The van der Waals surface area contributed by atoms with E-state index in [4.69, 9.17) is 0 Å². The van der Waals surface area contributed by atoms with Gasteiger partial charge in [-0.2, -0.15) is 0 Å². The zero-order chi connectivity index (χ0) is 11.3. The van der Waals surface area contributed by atoms with Crippen LogP contribution in [0, 0.1) is 0 Å². The second kappa shape index (κ2) is 3.35. The Balaban J connectivity index is 1.94. The average Bonchev–Trinajstić information content (AvgIpc) is 2.79. The van der Waals surface area contributed by atoms with Crippen molar-refractivity contribution in [1.82, 2.24) is 5.32 Å². The minimum Gasteiger partial charge on any atom is -0.310 e. The van der Waals surface area contributed by atoms with Crippen molar-refractivity contribution in [3.05, 3.63) is 35.4 Å². The van der Waals surface area contributed by atoms with Gasteiger partial charge in [0, 0.05) is 11.0 Å². The van der Waals surface area contributed by atoms with Gasteiger partial charge in [0.1, 0.15) is 0 Å². The molecular weight excluding hydrogens is 206 g/mol. The van der Waals surface area contributed by atoms with Crippen LogP contribution in [0.25, 0.3) is 0 Å². The number of hydrogen-bond donors (Lipinski definition) is 1. The summed E-state index contributed by atoms with van der Waals surface area (Å²) in [6.07, 6.45) is 9.69. The largest absolute Gasteiger partial charge is 0.310 e. The first-order valence-corrected chi connectivity index (χ1v) is 7.20. The van der Waals surface area contributed by atoms with Crippen LogP contribution in [0.2, 0.25) is 0 Å². The molecule has 1 aromatic carbocycles. The number of rotatable bonds is 0. The summed E-state index contributed by atoms with van der Waals surface area (Å²) < 4.78 is 0. The third kappa shape index (κ3) is 1.14. The second-order valence-corrected chi connectivity index (χ2v) is 6.21. The summed E-state index contributed by atoms with van der Waals surface area (Å²) in [5, 5.41) is 3.91. The molecule has 2 fully saturated rings. The van der Waals surface area contributed by atoms with Crippen molar-refractivity contribution < 1.29 is 0 Å². The first-order valence-electron chi connectivity index (χ1n) is 7.20. The molecule has 17 heavy (non-hydrogen) atoms. The van der Waals surface area contributed by atoms with E-state index in [1.54, 1.807) is 11.1 Å². The molecule has 0 spiro atoms. The Bertz CT molecular complexity index is 453. The van der Waals surface area contributed by atoms with E-state index in [1.807, 2.05) is 0 Å². The van der Waals surface area contributed by atoms with Crippen molar-refractivity contribution in [2.45, 2.75) is 55.9 Å². The molecule has 1 aliphatic heterocycles. The fraction of sp³-hybridized carbons (Fsp3) is 0.625. The summed E-state index contributed by atoms with van der Waals surface area (Å²) in [4.78, 5) is 0. The Hall–Kier alpha value is -0.820. The van der Waals surface area contributed by atoms with E-state index in [9.17, 15) is 0 Å². The van der Waals surface area contributed by atoms with E-state index in [2.05, 4.69) is 29.6 Å². The summed E-state index contributed by atoms with van der Waals surface area (Å²) in [7, 11) is 0. The SMILES string of the molecule is c1ccc2c(c1)CC[C@@]13CCCC[C@@]21CCN3. The summed E-state index contributed by atoms with van der Waals surface area (Å²) in [5.41, 5.74) is 4.27. The molecule has 1 aromatic rings. The van der Waals surface area contributed by atoms with E-state index in [0.29, 0.717) is 11.0 Å². The lowest BCUT2D eigenvalue weighted by atomic mass is 9.53. The van der Waals surface area contributed by atoms with Crippen molar-refractivity contribution in [2.75, 3.05) is 6.54 Å². The molecule has 4 rings (SSSR count). The maximum atomic E-state index is 3.91. The molecule has 1 heteroatoms. The molecule has 2 aliphatic carbocycles. The molecular formula is C16H21N. The third-order valence-corrected chi connectivity index (χ3v) is 5.74. The zero-order valence-electron chi connectivity index (χ0n) is 10.5. The highest BCUT2D eigenvalue weighted by Gasteiger charge is 2.58. The van der Waals surface area contributed by atoms with Gasteiger partial charge in [-0.1, -0.05) is 37.1 Å². The Morgan fingerprint density at radius 1 is 0.941 bits per heavy atom. The molecule has 0 bridgehead atoms. The fourth-order valence-electron chi connectivity index (χ4n) is 5.00. The smallest absolute Gasteiger partial charge is 0.0281 e. The van der Waals surface area contributed by atoms with Crippen molar-refractivity contribution in [3.8, 4) is 0 Å². The van der Waals surface area contributed by atoms with Gasteiger partial charge in [-0.25, -0.2) is 0 Å². The van der Waals surface area contributed by atoms with Gasteiger partial charge in [0.05, 0.1) is 0 Å². The number of fused-ring (bicyclic) bond motifs is 1. The number of aryl methyl sites for hydroxylation is 1. The van der Waals surface area contributed by atoms with Gasteiger partial charge in [-0.05, 0) is 49.8 Å². The van der Waals surface area contributed by atoms with Crippen LogP contribution in [0.4, 0.5) is 0 Å². The minimum atomic E-state index is 0.458. The normalized spacial score (nSPS) is 39.3. The molecule has 3 aliphatic rings. The number of hydrogen-bond acceptors (Lipinski definition) is 1. The molecule has 1 saturated heterocycles. The third-order valence-electron chi connectivity index (χ3n) is 5.74. The maximum Gasteiger partial charge on any atom is 0.0281 e. The molecule has 1 saturated carbocycles. The van der Waals surface area contributed by atoms with E-state index in [1.165, 1.54) is 51.5 Å². The molecule has 1 N–H and O–H groups in total. The van der Waals surface area contributed by atoms with Crippen LogP contribution in [-0.4, -0.2) is 12.1 Å². The molecule has 0 aromatic heterocycles. The van der Waals surface area contributed by atoms with Gasteiger partial charge in [-0.3, -0.25) is 0 Å². The Morgan fingerprint density at radius 2 is 1.82 bits per heavy atom. The number of nitrogens with one attached hydrogen (secondary N) is 1. The van der Waals surface area contributed by atoms with Crippen LogP contribution in [0.15, 0.2) is 24.3 Å². The van der Waals surface area contributed by atoms with Crippen LogP contribution in [0.3, 0.4) is 0 Å². The first-order chi connectivity index (χ1) is 8.36. The lowest BCUT2D eigenvalue weighted by molar-refractivity contribution is 0.129. The Labute approximate surface area is 104 Å². The zero-order valence-corrected chi connectivity index (χ0v) is 10.5. The van der Waals surface area contributed by atoms with Crippen LogP contribution in [0.5, 0.6) is 0 Å². The van der Waals surface area contributed by atoms with Crippen molar-refractivity contribution >= 4 is 0 Å². The minimum absolute atomic E-state index is 0.458. The lowest BCUT2D eigenvalue weighted by Gasteiger charge is -2.53. The quantitative estimate of drug-likeness (QED) is 0.718. The Morgan fingerprint density at radius 3 is 2.82 bits per heavy atom. The molecule has 1 nitrogen and oxygen atoms in total.